The lowest BCUT2D eigenvalue weighted by Crippen LogP contribution is -2.04. The molecule has 3 aromatic heterocycles. The molecule has 0 aliphatic carbocycles. The first-order valence-corrected chi connectivity index (χ1v) is 18.4. The van der Waals surface area contributed by atoms with E-state index < -0.39 is 0 Å². The Morgan fingerprint density at radius 1 is 0.396 bits per heavy atom. The fourth-order valence-corrected chi connectivity index (χ4v) is 9.55. The van der Waals surface area contributed by atoms with Crippen LogP contribution in [0.25, 0.3) is 97.1 Å². The van der Waals surface area contributed by atoms with Gasteiger partial charge in [-0.25, -0.2) is 0 Å². The first-order valence-electron chi connectivity index (χ1n) is 17.5. The lowest BCUT2D eigenvalue weighted by Gasteiger charge is -2.16. The summed E-state index contributed by atoms with van der Waals surface area (Å²) in [5.41, 5.74) is 8.60. The van der Waals surface area contributed by atoms with E-state index in [0.29, 0.717) is 22.5 Å². The number of hydrogen-bond donors (Lipinski definition) is 0. The van der Waals surface area contributed by atoms with Crippen molar-refractivity contribution in [1.29, 1.82) is 10.5 Å². The summed E-state index contributed by atoms with van der Waals surface area (Å²) in [6, 6.07) is 60.0. The molecule has 0 saturated carbocycles. The van der Waals surface area contributed by atoms with E-state index in [1.54, 1.807) is 11.3 Å². The highest BCUT2D eigenvalue weighted by molar-refractivity contribution is 7.25. The summed E-state index contributed by atoms with van der Waals surface area (Å²) in [5, 5.41) is 31.0. The van der Waals surface area contributed by atoms with Crippen molar-refractivity contribution in [1.82, 2.24) is 9.13 Å². The smallest absolute Gasteiger partial charge is 0.101 e. The van der Waals surface area contributed by atoms with Gasteiger partial charge in [0.25, 0.3) is 0 Å². The SMILES string of the molecule is N#Cc1cc(-n2c3ccc(-c4ccccc4)cc3c3c4ccccc4ccc32)c(C#N)cc1-n1c2ccccc2c2cc3c(cc21)sc1ccccc13. The van der Waals surface area contributed by atoms with Crippen molar-refractivity contribution < 1.29 is 0 Å². The molecule has 3 heterocycles. The molecule has 0 amide bonds. The molecule has 5 heteroatoms. The fraction of sp³-hybridized carbons (Fsp3) is 0. The zero-order valence-electron chi connectivity index (χ0n) is 28.2. The van der Waals surface area contributed by atoms with Gasteiger partial charge in [-0.3, -0.25) is 0 Å². The minimum Gasteiger partial charge on any atom is -0.308 e. The molecule has 11 rings (SSSR count). The van der Waals surface area contributed by atoms with Gasteiger partial charge in [0, 0.05) is 41.7 Å². The van der Waals surface area contributed by atoms with E-state index in [-0.39, 0.29) is 0 Å². The van der Waals surface area contributed by atoms with E-state index in [9.17, 15) is 10.5 Å². The quantitative estimate of drug-likeness (QED) is 0.185. The number of para-hydroxylation sites is 1. The van der Waals surface area contributed by atoms with Gasteiger partial charge in [0.05, 0.1) is 44.6 Å². The molecule has 8 aromatic carbocycles. The predicted molar refractivity (Wildman–Crippen MR) is 220 cm³/mol. The number of aromatic nitrogens is 2. The summed E-state index contributed by atoms with van der Waals surface area (Å²) in [6.45, 7) is 0. The predicted octanol–water partition coefficient (Wildman–Crippen LogP) is 12.8. The molecule has 0 fully saturated rings. The van der Waals surface area contributed by atoms with E-state index in [4.69, 9.17) is 0 Å². The highest BCUT2D eigenvalue weighted by Gasteiger charge is 2.22. The second-order valence-corrected chi connectivity index (χ2v) is 14.6. The Labute approximate surface area is 307 Å². The molecule has 244 valence electrons. The monoisotopic (exact) mass is 690 g/mol. The number of benzene rings is 8. The molecule has 0 bridgehead atoms. The van der Waals surface area contributed by atoms with Gasteiger partial charge in [0.2, 0.25) is 0 Å². The van der Waals surface area contributed by atoms with Crippen molar-refractivity contribution in [3.63, 3.8) is 0 Å². The second kappa shape index (κ2) is 11.2. The number of fused-ring (bicyclic) bond motifs is 11. The van der Waals surface area contributed by atoms with Crippen LogP contribution >= 0.6 is 11.3 Å². The van der Waals surface area contributed by atoms with Crippen molar-refractivity contribution in [3.8, 4) is 34.6 Å². The van der Waals surface area contributed by atoms with E-state index in [2.05, 4.69) is 155 Å². The first-order chi connectivity index (χ1) is 26.2. The zero-order chi connectivity index (χ0) is 35.2. The molecule has 0 saturated heterocycles. The van der Waals surface area contributed by atoms with Crippen molar-refractivity contribution in [3.05, 3.63) is 169 Å². The van der Waals surface area contributed by atoms with Gasteiger partial charge in [0.1, 0.15) is 12.1 Å². The van der Waals surface area contributed by atoms with Crippen LogP contribution in [0.5, 0.6) is 0 Å². The van der Waals surface area contributed by atoms with Crippen molar-refractivity contribution in [2.75, 3.05) is 0 Å². The Kier molecular flexibility index (Phi) is 6.22. The number of hydrogen-bond acceptors (Lipinski definition) is 3. The lowest BCUT2D eigenvalue weighted by atomic mass is 10.0. The second-order valence-electron chi connectivity index (χ2n) is 13.5. The van der Waals surface area contributed by atoms with Crippen LogP contribution in [-0.2, 0) is 0 Å². The minimum absolute atomic E-state index is 0.493. The average molecular weight is 691 g/mol. The van der Waals surface area contributed by atoms with Crippen LogP contribution in [0.2, 0.25) is 0 Å². The largest absolute Gasteiger partial charge is 0.308 e. The molecule has 0 spiro atoms. The maximum absolute atomic E-state index is 10.9. The van der Waals surface area contributed by atoms with Crippen molar-refractivity contribution in [2.45, 2.75) is 0 Å². The van der Waals surface area contributed by atoms with Gasteiger partial charge >= 0.3 is 0 Å². The van der Waals surface area contributed by atoms with Crippen LogP contribution in [0.1, 0.15) is 11.1 Å². The van der Waals surface area contributed by atoms with Gasteiger partial charge in [-0.2, -0.15) is 10.5 Å². The summed E-state index contributed by atoms with van der Waals surface area (Å²) in [4.78, 5) is 0. The average Bonchev–Trinajstić information content (AvgIpc) is 3.86. The van der Waals surface area contributed by atoms with Gasteiger partial charge in [0.15, 0.2) is 0 Å². The molecule has 11 aromatic rings. The molecule has 0 radical (unpaired) electrons. The third kappa shape index (κ3) is 4.20. The topological polar surface area (TPSA) is 57.4 Å². The number of thiophene rings is 1. The highest BCUT2D eigenvalue weighted by atomic mass is 32.1. The van der Waals surface area contributed by atoms with Gasteiger partial charge < -0.3 is 9.13 Å². The van der Waals surface area contributed by atoms with Crippen molar-refractivity contribution >= 4 is 85.9 Å². The third-order valence-electron chi connectivity index (χ3n) is 10.8. The zero-order valence-corrected chi connectivity index (χ0v) is 29.0. The standard InChI is InChI=1S/C48H26N4S/c49-27-32-24-44(52-40-16-8-6-14-35(40)37-25-38-36-15-7-9-17-46(36)53-47(38)26-45(37)52)33(28-50)23-43(32)51-41-20-19-31(29-10-2-1-3-11-29)22-39(41)48-34-13-5-4-12-30(34)18-21-42(48)51/h1-26H. The van der Waals surface area contributed by atoms with E-state index in [0.717, 1.165) is 65.5 Å². The van der Waals surface area contributed by atoms with E-state index in [1.807, 2.05) is 24.3 Å². The number of nitriles is 2. The third-order valence-corrected chi connectivity index (χ3v) is 11.9. The summed E-state index contributed by atoms with van der Waals surface area (Å²) in [7, 11) is 0. The Morgan fingerprint density at radius 3 is 1.83 bits per heavy atom. The Hall–Kier alpha value is -7.18. The highest BCUT2D eigenvalue weighted by Crippen LogP contribution is 2.43. The molecule has 4 nitrogen and oxygen atoms in total. The molecule has 0 N–H and O–H groups in total. The first kappa shape index (κ1) is 29.5. The Morgan fingerprint density at radius 2 is 1.04 bits per heavy atom. The van der Waals surface area contributed by atoms with E-state index in [1.165, 1.54) is 20.2 Å². The molecular weight excluding hydrogens is 665 g/mol. The lowest BCUT2D eigenvalue weighted by molar-refractivity contribution is 1.12. The van der Waals surface area contributed by atoms with Crippen LogP contribution in [0, 0.1) is 22.7 Å². The molecule has 0 aliphatic heterocycles. The van der Waals surface area contributed by atoms with Crippen LogP contribution in [0.3, 0.4) is 0 Å². The molecule has 0 unspecified atom stereocenters. The summed E-state index contributed by atoms with van der Waals surface area (Å²) in [5.74, 6) is 0. The summed E-state index contributed by atoms with van der Waals surface area (Å²) < 4.78 is 6.77. The summed E-state index contributed by atoms with van der Waals surface area (Å²) in [6.07, 6.45) is 0. The number of nitrogens with zero attached hydrogens (tertiary/aromatic N) is 4. The fourth-order valence-electron chi connectivity index (χ4n) is 8.43. The van der Waals surface area contributed by atoms with Gasteiger partial charge in [-0.1, -0.05) is 103 Å². The Bertz CT molecular complexity index is 3420. The summed E-state index contributed by atoms with van der Waals surface area (Å²) >= 11 is 1.78. The molecular formula is C48H26N4S. The Balaban J connectivity index is 1.21. The number of rotatable bonds is 3. The van der Waals surface area contributed by atoms with Crippen LogP contribution in [-0.4, -0.2) is 9.13 Å². The molecule has 0 aliphatic rings. The maximum Gasteiger partial charge on any atom is 0.101 e. The van der Waals surface area contributed by atoms with E-state index >= 15 is 0 Å². The molecule has 53 heavy (non-hydrogen) atoms. The van der Waals surface area contributed by atoms with Crippen LogP contribution < -0.4 is 0 Å². The van der Waals surface area contributed by atoms with Crippen LogP contribution in [0.15, 0.2) is 158 Å². The van der Waals surface area contributed by atoms with Gasteiger partial charge in [-0.05, 0) is 76.5 Å². The van der Waals surface area contributed by atoms with Crippen molar-refractivity contribution in [2.24, 2.45) is 0 Å². The normalized spacial score (nSPS) is 11.7. The molecule has 0 atom stereocenters. The van der Waals surface area contributed by atoms with Gasteiger partial charge in [-0.15, -0.1) is 11.3 Å². The van der Waals surface area contributed by atoms with Crippen LogP contribution in [0.4, 0.5) is 0 Å². The minimum atomic E-state index is 0.493. The maximum atomic E-state index is 10.9.